The summed E-state index contributed by atoms with van der Waals surface area (Å²) in [6.07, 6.45) is 0. The summed E-state index contributed by atoms with van der Waals surface area (Å²) < 4.78 is 0.325. The van der Waals surface area contributed by atoms with Gasteiger partial charge in [-0.25, -0.2) is 4.98 Å². The Morgan fingerprint density at radius 3 is 2.75 bits per heavy atom. The van der Waals surface area contributed by atoms with Gasteiger partial charge in [-0.3, -0.25) is 0 Å². The highest BCUT2D eigenvalue weighted by molar-refractivity contribution is 8.00. The molecule has 20 heavy (non-hydrogen) atoms. The summed E-state index contributed by atoms with van der Waals surface area (Å²) in [7, 11) is 0. The lowest BCUT2D eigenvalue weighted by atomic mass is 10.1. The van der Waals surface area contributed by atoms with Crippen LogP contribution in [0, 0.1) is 6.92 Å². The Bertz CT molecular complexity index is 457. The van der Waals surface area contributed by atoms with Crippen LogP contribution in [0.4, 0.5) is 5.82 Å². The van der Waals surface area contributed by atoms with Crippen LogP contribution in [0.5, 0.6) is 0 Å². The molecule has 1 saturated heterocycles. The molecule has 0 amide bonds. The number of hydrogen-bond donors (Lipinski definition) is 1. The van der Waals surface area contributed by atoms with Crippen molar-refractivity contribution >= 4 is 17.6 Å². The average molecular weight is 293 g/mol. The number of nitrogens with one attached hydrogen (secondary N) is 1. The molecule has 3 nitrogen and oxygen atoms in total. The number of anilines is 1. The van der Waals surface area contributed by atoms with Gasteiger partial charge in [0.25, 0.3) is 0 Å². The Morgan fingerprint density at radius 2 is 2.15 bits per heavy atom. The summed E-state index contributed by atoms with van der Waals surface area (Å²) in [5.41, 5.74) is 2.44. The van der Waals surface area contributed by atoms with Crippen molar-refractivity contribution in [1.82, 2.24) is 10.3 Å². The Balaban J connectivity index is 2.08. The monoisotopic (exact) mass is 293 g/mol. The number of thioether (sulfide) groups is 1. The Labute approximate surface area is 127 Å². The van der Waals surface area contributed by atoms with E-state index in [2.05, 4.69) is 68.7 Å². The molecule has 0 atom stereocenters. The second-order valence-corrected chi connectivity index (χ2v) is 8.28. The molecular formula is C16H27N3S. The first-order valence-corrected chi connectivity index (χ1v) is 8.45. The molecular weight excluding hydrogens is 266 g/mol. The molecule has 4 heteroatoms. The zero-order valence-corrected chi connectivity index (χ0v) is 14.2. The van der Waals surface area contributed by atoms with Crippen LogP contribution < -0.4 is 10.2 Å². The van der Waals surface area contributed by atoms with Gasteiger partial charge >= 0.3 is 0 Å². The van der Waals surface area contributed by atoms with Crippen LogP contribution >= 0.6 is 11.8 Å². The van der Waals surface area contributed by atoms with Crippen molar-refractivity contribution in [2.45, 2.75) is 52.0 Å². The Kier molecular flexibility index (Phi) is 4.97. The fourth-order valence-electron chi connectivity index (χ4n) is 2.47. The summed E-state index contributed by atoms with van der Waals surface area (Å²) in [6.45, 7) is 14.2. The maximum Gasteiger partial charge on any atom is 0.128 e. The highest BCUT2D eigenvalue weighted by Gasteiger charge is 2.27. The van der Waals surface area contributed by atoms with Gasteiger partial charge in [0.15, 0.2) is 0 Å². The van der Waals surface area contributed by atoms with E-state index in [4.69, 9.17) is 4.98 Å². The number of hydrogen-bond acceptors (Lipinski definition) is 4. The van der Waals surface area contributed by atoms with Crippen molar-refractivity contribution in [3.05, 3.63) is 23.4 Å². The molecule has 0 radical (unpaired) electrons. The lowest BCUT2D eigenvalue weighted by molar-refractivity contribution is 0.585. The van der Waals surface area contributed by atoms with Crippen LogP contribution in [0.2, 0.25) is 0 Å². The first kappa shape index (κ1) is 15.6. The van der Waals surface area contributed by atoms with Crippen LogP contribution in [0.15, 0.2) is 12.1 Å². The summed E-state index contributed by atoms with van der Waals surface area (Å²) in [5.74, 6) is 2.31. The van der Waals surface area contributed by atoms with Crippen LogP contribution in [-0.2, 0) is 6.54 Å². The number of nitrogens with zero attached hydrogens (tertiary/aromatic N) is 2. The second kappa shape index (κ2) is 6.35. The maximum absolute atomic E-state index is 4.82. The molecule has 0 bridgehead atoms. The summed E-state index contributed by atoms with van der Waals surface area (Å²) >= 11 is 2.06. The molecule has 1 fully saturated rings. The molecule has 2 heterocycles. The van der Waals surface area contributed by atoms with E-state index in [1.807, 2.05) is 0 Å². The van der Waals surface area contributed by atoms with E-state index >= 15 is 0 Å². The van der Waals surface area contributed by atoms with Crippen molar-refractivity contribution in [3.8, 4) is 0 Å². The maximum atomic E-state index is 4.82. The molecule has 0 aromatic carbocycles. The first-order valence-electron chi connectivity index (χ1n) is 7.46. The van der Waals surface area contributed by atoms with Crippen molar-refractivity contribution in [2.75, 3.05) is 23.7 Å². The lowest BCUT2D eigenvalue weighted by Gasteiger charge is -2.38. The molecule has 1 aromatic heterocycles. The molecule has 2 rings (SSSR count). The van der Waals surface area contributed by atoms with E-state index in [-0.39, 0.29) is 0 Å². The van der Waals surface area contributed by atoms with Crippen LogP contribution in [0.1, 0.15) is 39.0 Å². The third-order valence-electron chi connectivity index (χ3n) is 3.63. The smallest absolute Gasteiger partial charge is 0.128 e. The molecule has 0 unspecified atom stereocenters. The predicted octanol–water partition coefficient (Wildman–Crippen LogP) is 3.22. The number of aryl methyl sites for hydroxylation is 1. The van der Waals surface area contributed by atoms with E-state index in [1.165, 1.54) is 11.3 Å². The highest BCUT2D eigenvalue weighted by atomic mass is 32.2. The lowest BCUT2D eigenvalue weighted by Crippen LogP contribution is -2.43. The van der Waals surface area contributed by atoms with Gasteiger partial charge in [0.05, 0.1) is 0 Å². The van der Waals surface area contributed by atoms with Gasteiger partial charge in [-0.1, -0.05) is 19.9 Å². The summed E-state index contributed by atoms with van der Waals surface area (Å²) in [5, 5.41) is 3.46. The Morgan fingerprint density at radius 1 is 1.40 bits per heavy atom. The highest BCUT2D eigenvalue weighted by Crippen LogP contribution is 2.31. The van der Waals surface area contributed by atoms with Crippen LogP contribution in [-0.4, -0.2) is 34.6 Å². The number of aromatic nitrogens is 1. The minimum atomic E-state index is 0.325. The van der Waals surface area contributed by atoms with E-state index in [0.717, 1.165) is 31.1 Å². The van der Waals surface area contributed by atoms with Crippen molar-refractivity contribution in [2.24, 2.45) is 0 Å². The predicted molar refractivity (Wildman–Crippen MR) is 89.7 cm³/mol. The van der Waals surface area contributed by atoms with Crippen LogP contribution in [0.3, 0.4) is 0 Å². The summed E-state index contributed by atoms with van der Waals surface area (Å²) in [6, 6.07) is 4.91. The largest absolute Gasteiger partial charge is 0.354 e. The van der Waals surface area contributed by atoms with Gasteiger partial charge in [0, 0.05) is 41.9 Å². The van der Waals surface area contributed by atoms with E-state index in [0.29, 0.717) is 10.8 Å². The van der Waals surface area contributed by atoms with Crippen LogP contribution in [0.25, 0.3) is 0 Å². The van der Waals surface area contributed by atoms with Gasteiger partial charge in [0.2, 0.25) is 0 Å². The topological polar surface area (TPSA) is 28.2 Å². The van der Waals surface area contributed by atoms with Gasteiger partial charge in [0.1, 0.15) is 5.82 Å². The normalized spacial score (nSPS) is 18.6. The zero-order chi connectivity index (χ0) is 14.8. The number of rotatable bonds is 4. The molecule has 0 aliphatic carbocycles. The molecule has 0 saturated carbocycles. The fourth-order valence-corrected chi connectivity index (χ4v) is 3.58. The SMILES string of the molecule is Cc1nc(N2CCSC(C)(C)C2)ccc1CNC(C)C. The fraction of sp³-hybridized carbons (Fsp3) is 0.688. The molecule has 0 spiro atoms. The third-order valence-corrected chi connectivity index (χ3v) is 4.93. The molecule has 112 valence electrons. The van der Waals surface area contributed by atoms with E-state index in [1.54, 1.807) is 0 Å². The van der Waals surface area contributed by atoms with Gasteiger partial charge < -0.3 is 10.2 Å². The summed E-state index contributed by atoms with van der Waals surface area (Å²) in [4.78, 5) is 7.24. The minimum Gasteiger partial charge on any atom is -0.354 e. The average Bonchev–Trinajstić information content (AvgIpc) is 2.36. The van der Waals surface area contributed by atoms with E-state index < -0.39 is 0 Å². The van der Waals surface area contributed by atoms with Crippen molar-refractivity contribution in [3.63, 3.8) is 0 Å². The third kappa shape index (κ3) is 4.13. The first-order chi connectivity index (χ1) is 9.37. The molecule has 1 aliphatic rings. The van der Waals surface area contributed by atoms with Crippen molar-refractivity contribution < 1.29 is 0 Å². The number of pyridine rings is 1. The quantitative estimate of drug-likeness (QED) is 0.922. The molecule has 1 aliphatic heterocycles. The van der Waals surface area contributed by atoms with Gasteiger partial charge in [-0.2, -0.15) is 11.8 Å². The Hall–Kier alpha value is -0.740. The van der Waals surface area contributed by atoms with Gasteiger partial charge in [-0.05, 0) is 32.4 Å². The second-order valence-electron chi connectivity index (χ2n) is 6.48. The standard InChI is InChI=1S/C16H27N3S/c1-12(2)17-10-14-6-7-15(18-13(14)3)19-8-9-20-16(4,5)11-19/h6-7,12,17H,8-11H2,1-5H3. The zero-order valence-electron chi connectivity index (χ0n) is 13.4. The molecule has 1 aromatic rings. The van der Waals surface area contributed by atoms with Gasteiger partial charge in [-0.15, -0.1) is 0 Å². The van der Waals surface area contributed by atoms with E-state index in [9.17, 15) is 0 Å². The van der Waals surface area contributed by atoms with Crippen molar-refractivity contribution in [1.29, 1.82) is 0 Å². The minimum absolute atomic E-state index is 0.325. The molecule has 1 N–H and O–H groups in total.